The normalized spacial score (nSPS) is 20.2. The topological polar surface area (TPSA) is 52.6 Å². The SMILES string of the molecule is Cc1c(NC2CCN(C(C)C)CC2)cccc1N1C(=O)CCC1=O. The van der Waals surface area contributed by atoms with Crippen molar-refractivity contribution in [3.63, 3.8) is 0 Å². The van der Waals surface area contributed by atoms with E-state index in [2.05, 4.69) is 24.1 Å². The fraction of sp³-hybridized carbons (Fsp3) is 0.579. The second kappa shape index (κ2) is 6.93. The molecule has 24 heavy (non-hydrogen) atoms. The second-order valence-corrected chi connectivity index (χ2v) is 7.12. The number of rotatable bonds is 4. The quantitative estimate of drug-likeness (QED) is 0.863. The highest BCUT2D eigenvalue weighted by Gasteiger charge is 2.31. The van der Waals surface area contributed by atoms with Gasteiger partial charge in [-0.05, 0) is 51.3 Å². The van der Waals surface area contributed by atoms with Crippen LogP contribution in [-0.4, -0.2) is 41.9 Å². The van der Waals surface area contributed by atoms with Gasteiger partial charge in [0.05, 0.1) is 5.69 Å². The average molecular weight is 329 g/mol. The molecular formula is C19H27N3O2. The van der Waals surface area contributed by atoms with Gasteiger partial charge >= 0.3 is 0 Å². The van der Waals surface area contributed by atoms with Crippen molar-refractivity contribution in [2.24, 2.45) is 0 Å². The number of nitrogens with one attached hydrogen (secondary N) is 1. The molecule has 130 valence electrons. The maximum absolute atomic E-state index is 12.0. The molecular weight excluding hydrogens is 302 g/mol. The molecule has 0 bridgehead atoms. The Morgan fingerprint density at radius 1 is 1.08 bits per heavy atom. The van der Waals surface area contributed by atoms with Gasteiger partial charge in [0.25, 0.3) is 0 Å². The van der Waals surface area contributed by atoms with Crippen LogP contribution in [0.3, 0.4) is 0 Å². The van der Waals surface area contributed by atoms with E-state index in [1.807, 2.05) is 25.1 Å². The summed E-state index contributed by atoms with van der Waals surface area (Å²) in [5.74, 6) is -0.184. The molecule has 0 atom stereocenters. The highest BCUT2D eigenvalue weighted by Crippen LogP contribution is 2.31. The summed E-state index contributed by atoms with van der Waals surface area (Å²) in [7, 11) is 0. The zero-order valence-electron chi connectivity index (χ0n) is 14.8. The molecule has 0 aliphatic carbocycles. The predicted octanol–water partition coefficient (Wildman–Crippen LogP) is 2.93. The Hall–Kier alpha value is -1.88. The number of carbonyl (C=O) groups is 2. The van der Waals surface area contributed by atoms with Crippen molar-refractivity contribution < 1.29 is 9.59 Å². The minimum atomic E-state index is -0.0921. The molecule has 0 aromatic heterocycles. The van der Waals surface area contributed by atoms with E-state index in [-0.39, 0.29) is 11.8 Å². The first kappa shape index (κ1) is 17.0. The molecule has 1 N–H and O–H groups in total. The van der Waals surface area contributed by atoms with E-state index in [1.165, 1.54) is 4.90 Å². The Morgan fingerprint density at radius 3 is 2.29 bits per heavy atom. The number of hydrogen-bond acceptors (Lipinski definition) is 4. The standard InChI is InChI=1S/C19H27N3O2/c1-13(2)21-11-9-15(10-12-21)20-16-5-4-6-17(14(16)3)22-18(23)7-8-19(22)24/h4-6,13,15,20H,7-12H2,1-3H3. The lowest BCUT2D eigenvalue weighted by atomic mass is 10.0. The Kier molecular flexibility index (Phi) is 4.90. The summed E-state index contributed by atoms with van der Waals surface area (Å²) in [6.07, 6.45) is 2.88. The summed E-state index contributed by atoms with van der Waals surface area (Å²) in [5, 5.41) is 3.63. The number of hydrogen-bond donors (Lipinski definition) is 1. The van der Waals surface area contributed by atoms with E-state index < -0.39 is 0 Å². The van der Waals surface area contributed by atoms with Gasteiger partial charge in [0, 0.05) is 43.7 Å². The maximum Gasteiger partial charge on any atom is 0.234 e. The predicted molar refractivity (Wildman–Crippen MR) is 96.3 cm³/mol. The van der Waals surface area contributed by atoms with Gasteiger partial charge < -0.3 is 10.2 Å². The van der Waals surface area contributed by atoms with E-state index in [4.69, 9.17) is 0 Å². The number of nitrogens with zero attached hydrogens (tertiary/aromatic N) is 2. The molecule has 0 radical (unpaired) electrons. The van der Waals surface area contributed by atoms with Crippen molar-refractivity contribution in [2.45, 2.75) is 58.5 Å². The van der Waals surface area contributed by atoms with Crippen molar-refractivity contribution >= 4 is 23.2 Å². The van der Waals surface area contributed by atoms with Gasteiger partial charge in [-0.3, -0.25) is 14.5 Å². The van der Waals surface area contributed by atoms with Crippen molar-refractivity contribution in [2.75, 3.05) is 23.3 Å². The van der Waals surface area contributed by atoms with Crippen LogP contribution in [-0.2, 0) is 9.59 Å². The lowest BCUT2D eigenvalue weighted by molar-refractivity contribution is -0.121. The maximum atomic E-state index is 12.0. The molecule has 5 heteroatoms. The fourth-order valence-corrected chi connectivity index (χ4v) is 3.65. The molecule has 2 heterocycles. The van der Waals surface area contributed by atoms with Crippen LogP contribution < -0.4 is 10.2 Å². The van der Waals surface area contributed by atoms with Crippen molar-refractivity contribution in [1.29, 1.82) is 0 Å². The first-order chi connectivity index (χ1) is 11.5. The molecule has 0 unspecified atom stereocenters. The molecule has 5 nitrogen and oxygen atoms in total. The Balaban J connectivity index is 1.72. The largest absolute Gasteiger partial charge is 0.382 e. The van der Waals surface area contributed by atoms with Gasteiger partial charge in [-0.15, -0.1) is 0 Å². The van der Waals surface area contributed by atoms with Gasteiger partial charge in [-0.1, -0.05) is 6.07 Å². The molecule has 0 spiro atoms. The Labute approximate surface area is 144 Å². The van der Waals surface area contributed by atoms with Crippen LogP contribution in [0.5, 0.6) is 0 Å². The monoisotopic (exact) mass is 329 g/mol. The molecule has 2 saturated heterocycles. The molecule has 2 aliphatic heterocycles. The Bertz CT molecular complexity index is 617. The number of imide groups is 1. The summed E-state index contributed by atoms with van der Waals surface area (Å²) in [6, 6.07) is 6.87. The third kappa shape index (κ3) is 3.31. The summed E-state index contributed by atoms with van der Waals surface area (Å²) in [5.41, 5.74) is 2.74. The van der Waals surface area contributed by atoms with E-state index in [0.29, 0.717) is 24.9 Å². The summed E-state index contributed by atoms with van der Waals surface area (Å²) in [4.78, 5) is 27.9. The zero-order chi connectivity index (χ0) is 17.3. The van der Waals surface area contributed by atoms with Crippen LogP contribution in [0.1, 0.15) is 45.1 Å². The van der Waals surface area contributed by atoms with Gasteiger partial charge in [0.15, 0.2) is 0 Å². The number of benzene rings is 1. The second-order valence-electron chi connectivity index (χ2n) is 7.12. The number of anilines is 2. The van der Waals surface area contributed by atoms with Gasteiger partial charge in [-0.2, -0.15) is 0 Å². The number of amides is 2. The van der Waals surface area contributed by atoms with Crippen LogP contribution in [0, 0.1) is 6.92 Å². The molecule has 1 aromatic rings. The number of carbonyl (C=O) groups excluding carboxylic acids is 2. The summed E-state index contributed by atoms with van der Waals surface area (Å²) >= 11 is 0. The summed E-state index contributed by atoms with van der Waals surface area (Å²) in [6.45, 7) is 8.69. The third-order valence-electron chi connectivity index (χ3n) is 5.22. The summed E-state index contributed by atoms with van der Waals surface area (Å²) < 4.78 is 0. The van der Waals surface area contributed by atoms with E-state index >= 15 is 0 Å². The van der Waals surface area contributed by atoms with Crippen molar-refractivity contribution in [1.82, 2.24) is 4.90 Å². The van der Waals surface area contributed by atoms with E-state index in [1.54, 1.807) is 0 Å². The number of piperidine rings is 1. The minimum absolute atomic E-state index is 0.0921. The van der Waals surface area contributed by atoms with Crippen molar-refractivity contribution in [3.05, 3.63) is 23.8 Å². The Morgan fingerprint density at radius 2 is 1.71 bits per heavy atom. The van der Waals surface area contributed by atoms with Crippen molar-refractivity contribution in [3.8, 4) is 0 Å². The first-order valence-corrected chi connectivity index (χ1v) is 8.93. The molecule has 2 fully saturated rings. The van der Waals surface area contributed by atoms with Gasteiger partial charge in [0.1, 0.15) is 0 Å². The number of likely N-dealkylation sites (tertiary alicyclic amines) is 1. The van der Waals surface area contributed by atoms with E-state index in [9.17, 15) is 9.59 Å². The molecule has 0 saturated carbocycles. The van der Waals surface area contributed by atoms with Gasteiger partial charge in [0.2, 0.25) is 11.8 Å². The fourth-order valence-electron chi connectivity index (χ4n) is 3.65. The van der Waals surface area contributed by atoms with Crippen LogP contribution in [0.4, 0.5) is 11.4 Å². The molecule has 2 amide bonds. The van der Waals surface area contributed by atoms with Crippen LogP contribution >= 0.6 is 0 Å². The molecule has 2 aliphatic rings. The lowest BCUT2D eigenvalue weighted by Gasteiger charge is -2.35. The highest BCUT2D eigenvalue weighted by atomic mass is 16.2. The zero-order valence-corrected chi connectivity index (χ0v) is 14.8. The van der Waals surface area contributed by atoms with Crippen LogP contribution in [0.2, 0.25) is 0 Å². The van der Waals surface area contributed by atoms with E-state index in [0.717, 1.165) is 42.9 Å². The van der Waals surface area contributed by atoms with Crippen LogP contribution in [0.15, 0.2) is 18.2 Å². The average Bonchev–Trinajstić information content (AvgIpc) is 2.89. The van der Waals surface area contributed by atoms with Gasteiger partial charge in [-0.25, -0.2) is 0 Å². The highest BCUT2D eigenvalue weighted by molar-refractivity contribution is 6.20. The molecule has 1 aromatic carbocycles. The van der Waals surface area contributed by atoms with Crippen LogP contribution in [0.25, 0.3) is 0 Å². The molecule has 3 rings (SSSR count). The first-order valence-electron chi connectivity index (χ1n) is 8.93. The third-order valence-corrected chi connectivity index (χ3v) is 5.22. The minimum Gasteiger partial charge on any atom is -0.382 e. The lowest BCUT2D eigenvalue weighted by Crippen LogP contribution is -2.42. The smallest absolute Gasteiger partial charge is 0.234 e.